The summed E-state index contributed by atoms with van der Waals surface area (Å²) in [6, 6.07) is 2.79. The number of nitrogens with one attached hydrogen (secondary N) is 1. The number of rotatable bonds is 6. The average Bonchev–Trinajstić information content (AvgIpc) is 3.07. The van der Waals surface area contributed by atoms with E-state index in [0.29, 0.717) is 43.1 Å². The van der Waals surface area contributed by atoms with Gasteiger partial charge < -0.3 is 11.1 Å². The minimum Gasteiger partial charge on any atom is -0.355 e. The van der Waals surface area contributed by atoms with E-state index in [4.69, 9.17) is 5.73 Å². The second-order valence-corrected chi connectivity index (χ2v) is 8.48. The molecule has 22 heavy (non-hydrogen) atoms. The molecule has 1 aliphatic rings. The molecule has 0 bridgehead atoms. The maximum atomic E-state index is 12.6. The van der Waals surface area contributed by atoms with Crippen LogP contribution in [0.4, 0.5) is 0 Å². The highest BCUT2D eigenvalue weighted by Crippen LogP contribution is 2.30. The summed E-state index contributed by atoms with van der Waals surface area (Å²) in [5.74, 6) is -0.224. The molecule has 3 N–H and O–H groups in total. The van der Waals surface area contributed by atoms with Crippen LogP contribution in [0.2, 0.25) is 0 Å². The quantitative estimate of drug-likeness (QED) is 0.736. The lowest BCUT2D eigenvalue weighted by Gasteiger charge is -2.22. The number of sulfonamides is 1. The molecule has 0 aromatic carbocycles. The standard InChI is InChI=1S/C13H21N3O3S2.ClH/c1-10-5-6-12(20-10)21(18,19)16-9-2-4-11(16)13(17)15-8-3-7-14;/h5-6,11H,2-4,7-9,14H2,1H3,(H,15,17);1H. The summed E-state index contributed by atoms with van der Waals surface area (Å²) in [7, 11) is -3.58. The molecule has 9 heteroatoms. The molecule has 2 rings (SSSR count). The van der Waals surface area contributed by atoms with Gasteiger partial charge in [-0.3, -0.25) is 4.79 Å². The van der Waals surface area contributed by atoms with Gasteiger partial charge in [0.1, 0.15) is 10.3 Å². The first-order valence-electron chi connectivity index (χ1n) is 7.03. The summed E-state index contributed by atoms with van der Waals surface area (Å²) >= 11 is 1.24. The number of carbonyl (C=O) groups is 1. The molecule has 1 aliphatic heterocycles. The number of amides is 1. The van der Waals surface area contributed by atoms with Gasteiger partial charge in [0.05, 0.1) is 0 Å². The number of halogens is 1. The van der Waals surface area contributed by atoms with E-state index in [1.807, 2.05) is 6.92 Å². The Kier molecular flexibility index (Phi) is 7.27. The molecule has 1 fully saturated rings. The first-order valence-corrected chi connectivity index (χ1v) is 9.28. The molecule has 1 atom stereocenters. The largest absolute Gasteiger partial charge is 0.355 e. The minimum atomic E-state index is -3.58. The third-order valence-electron chi connectivity index (χ3n) is 3.47. The average molecular weight is 368 g/mol. The predicted molar refractivity (Wildman–Crippen MR) is 89.9 cm³/mol. The van der Waals surface area contributed by atoms with E-state index in [9.17, 15) is 13.2 Å². The molecule has 1 aromatic heterocycles. The molecule has 126 valence electrons. The summed E-state index contributed by atoms with van der Waals surface area (Å²) in [5, 5.41) is 2.76. The van der Waals surface area contributed by atoms with Crippen LogP contribution in [0.25, 0.3) is 0 Å². The molecule has 1 aromatic rings. The Morgan fingerprint density at radius 2 is 2.23 bits per heavy atom. The van der Waals surface area contributed by atoms with Crippen molar-refractivity contribution in [3.05, 3.63) is 17.0 Å². The number of thiophene rings is 1. The summed E-state index contributed by atoms with van der Waals surface area (Å²) in [5.41, 5.74) is 5.39. The van der Waals surface area contributed by atoms with Crippen molar-refractivity contribution in [2.24, 2.45) is 5.73 Å². The molecule has 1 unspecified atom stereocenters. The fourth-order valence-electron chi connectivity index (χ4n) is 2.39. The Labute approximate surface area is 141 Å². The third-order valence-corrected chi connectivity index (χ3v) is 6.84. The first-order chi connectivity index (χ1) is 9.96. The smallest absolute Gasteiger partial charge is 0.253 e. The monoisotopic (exact) mass is 367 g/mol. The van der Waals surface area contributed by atoms with Gasteiger partial charge >= 0.3 is 0 Å². The van der Waals surface area contributed by atoms with Crippen LogP contribution in [0.1, 0.15) is 24.1 Å². The van der Waals surface area contributed by atoms with Crippen molar-refractivity contribution >= 4 is 39.7 Å². The van der Waals surface area contributed by atoms with Gasteiger partial charge in [0.2, 0.25) is 5.91 Å². The van der Waals surface area contributed by atoms with E-state index in [0.717, 1.165) is 4.88 Å². The predicted octanol–water partition coefficient (Wildman–Crippen LogP) is 1.10. The summed E-state index contributed by atoms with van der Waals surface area (Å²) in [6.45, 7) is 3.25. The van der Waals surface area contributed by atoms with E-state index >= 15 is 0 Å². The molecule has 1 saturated heterocycles. The number of nitrogens with zero attached hydrogens (tertiary/aromatic N) is 1. The molecule has 2 heterocycles. The van der Waals surface area contributed by atoms with Crippen LogP contribution in [0, 0.1) is 6.92 Å². The Morgan fingerprint density at radius 1 is 1.50 bits per heavy atom. The summed E-state index contributed by atoms with van der Waals surface area (Å²) < 4.78 is 26.9. The minimum absolute atomic E-state index is 0. The molecule has 0 radical (unpaired) electrons. The topological polar surface area (TPSA) is 92.5 Å². The van der Waals surface area contributed by atoms with Gasteiger partial charge in [-0.25, -0.2) is 8.42 Å². The maximum Gasteiger partial charge on any atom is 0.253 e. The van der Waals surface area contributed by atoms with Crippen molar-refractivity contribution in [1.82, 2.24) is 9.62 Å². The van der Waals surface area contributed by atoms with E-state index < -0.39 is 16.1 Å². The fraction of sp³-hybridized carbons (Fsp3) is 0.615. The highest BCUT2D eigenvalue weighted by atomic mass is 35.5. The Balaban J connectivity index is 0.00000242. The number of aryl methyl sites for hydroxylation is 1. The number of nitrogens with two attached hydrogens (primary N) is 1. The first kappa shape index (κ1) is 19.4. The van der Waals surface area contributed by atoms with Crippen LogP contribution >= 0.6 is 23.7 Å². The normalized spacial score (nSPS) is 18.9. The van der Waals surface area contributed by atoms with Crippen molar-refractivity contribution in [1.29, 1.82) is 0 Å². The van der Waals surface area contributed by atoms with Crippen molar-refractivity contribution in [2.75, 3.05) is 19.6 Å². The lowest BCUT2D eigenvalue weighted by molar-refractivity contribution is -0.124. The molecular weight excluding hydrogens is 346 g/mol. The zero-order valence-electron chi connectivity index (χ0n) is 12.4. The third kappa shape index (κ3) is 4.20. The zero-order chi connectivity index (χ0) is 15.5. The molecule has 6 nitrogen and oxygen atoms in total. The molecule has 0 aliphatic carbocycles. The van der Waals surface area contributed by atoms with Crippen molar-refractivity contribution < 1.29 is 13.2 Å². The molecule has 0 saturated carbocycles. The Hall–Kier alpha value is -0.670. The Bertz CT molecular complexity index is 603. The van der Waals surface area contributed by atoms with Gasteiger partial charge in [0.25, 0.3) is 10.0 Å². The molecule has 1 amide bonds. The van der Waals surface area contributed by atoms with Crippen LogP contribution in [0.5, 0.6) is 0 Å². The Morgan fingerprint density at radius 3 is 2.82 bits per heavy atom. The summed E-state index contributed by atoms with van der Waals surface area (Å²) in [6.07, 6.45) is 1.96. The van der Waals surface area contributed by atoms with Gasteiger partial charge in [0, 0.05) is 18.0 Å². The van der Waals surface area contributed by atoms with Gasteiger partial charge in [-0.2, -0.15) is 4.31 Å². The fourth-order valence-corrected chi connectivity index (χ4v) is 5.46. The van der Waals surface area contributed by atoms with Crippen LogP contribution in [-0.4, -0.2) is 44.3 Å². The SMILES string of the molecule is Cc1ccc(S(=O)(=O)N2CCCC2C(=O)NCCCN)s1.Cl. The van der Waals surface area contributed by atoms with Crippen LogP contribution in [0.3, 0.4) is 0 Å². The number of carbonyl (C=O) groups excluding carboxylic acids is 1. The van der Waals surface area contributed by atoms with E-state index in [2.05, 4.69) is 5.32 Å². The zero-order valence-corrected chi connectivity index (χ0v) is 14.9. The van der Waals surface area contributed by atoms with E-state index in [1.165, 1.54) is 15.6 Å². The maximum absolute atomic E-state index is 12.6. The lowest BCUT2D eigenvalue weighted by Crippen LogP contribution is -2.46. The molecular formula is C13H22ClN3O3S2. The van der Waals surface area contributed by atoms with Gasteiger partial charge in [-0.15, -0.1) is 23.7 Å². The number of hydrogen-bond donors (Lipinski definition) is 2. The van der Waals surface area contributed by atoms with Crippen LogP contribution < -0.4 is 11.1 Å². The van der Waals surface area contributed by atoms with Crippen molar-refractivity contribution in [2.45, 2.75) is 36.4 Å². The van der Waals surface area contributed by atoms with E-state index in [-0.39, 0.29) is 18.3 Å². The van der Waals surface area contributed by atoms with E-state index in [1.54, 1.807) is 12.1 Å². The van der Waals surface area contributed by atoms with Gasteiger partial charge in [0.15, 0.2) is 0 Å². The lowest BCUT2D eigenvalue weighted by atomic mass is 10.2. The highest BCUT2D eigenvalue weighted by molar-refractivity contribution is 7.91. The second-order valence-electron chi connectivity index (χ2n) is 5.07. The highest BCUT2D eigenvalue weighted by Gasteiger charge is 2.39. The second kappa shape index (κ2) is 8.26. The van der Waals surface area contributed by atoms with Crippen molar-refractivity contribution in [3.63, 3.8) is 0 Å². The van der Waals surface area contributed by atoms with Crippen molar-refractivity contribution in [3.8, 4) is 0 Å². The van der Waals surface area contributed by atoms with Gasteiger partial charge in [-0.05, 0) is 44.9 Å². The van der Waals surface area contributed by atoms with Crippen LogP contribution in [-0.2, 0) is 14.8 Å². The van der Waals surface area contributed by atoms with Gasteiger partial charge in [-0.1, -0.05) is 0 Å². The number of hydrogen-bond acceptors (Lipinski definition) is 5. The molecule has 0 spiro atoms. The summed E-state index contributed by atoms with van der Waals surface area (Å²) in [4.78, 5) is 13.1. The van der Waals surface area contributed by atoms with Crippen LogP contribution in [0.15, 0.2) is 16.3 Å².